The second-order valence-corrected chi connectivity index (χ2v) is 10.9. The Morgan fingerprint density at radius 1 is 0.886 bits per heavy atom. The van der Waals surface area contributed by atoms with Crippen molar-refractivity contribution in [2.75, 3.05) is 13.2 Å². The Morgan fingerprint density at radius 3 is 2.00 bits per heavy atom. The molecule has 0 saturated carbocycles. The topological polar surface area (TPSA) is 46.5 Å². The van der Waals surface area contributed by atoms with Crippen LogP contribution in [-0.4, -0.2) is 18.3 Å². The second-order valence-electron chi connectivity index (χ2n) is 9.84. The average molecular weight is 499 g/mol. The van der Waals surface area contributed by atoms with Crippen molar-refractivity contribution in [3.63, 3.8) is 0 Å². The summed E-state index contributed by atoms with van der Waals surface area (Å²) in [6, 6.07) is 9.48. The summed E-state index contributed by atoms with van der Waals surface area (Å²) >= 11 is 1.59. The highest BCUT2D eigenvalue weighted by molar-refractivity contribution is 7.24. The molecule has 0 bridgehead atoms. The minimum absolute atomic E-state index is 0.00662. The van der Waals surface area contributed by atoms with Gasteiger partial charge in [-0.15, -0.1) is 11.3 Å². The Balaban J connectivity index is 0.000000248. The molecule has 0 amide bonds. The van der Waals surface area contributed by atoms with Gasteiger partial charge in [-0.25, -0.2) is 0 Å². The lowest BCUT2D eigenvalue weighted by molar-refractivity contribution is 0.0630. The van der Waals surface area contributed by atoms with Crippen LogP contribution in [0.3, 0.4) is 0 Å². The standard InChI is InChI=1S/C16H34O.C15H12O2S/c1-5-9-11-15(7-3)13-17-14-16(8-4)12-10-6-2;1-8-7-12-13(9(2)14(8)16)15(17)10-5-3-4-6-11(10)18-12/h15-16H,5-14H2,1-4H3;3-7,16H,1-2H3. The lowest BCUT2D eigenvalue weighted by Gasteiger charge is -2.18. The number of phenolic OH excluding ortho intramolecular Hbond substituents is 1. The maximum atomic E-state index is 12.5. The predicted molar refractivity (Wildman–Crippen MR) is 154 cm³/mol. The SMILES string of the molecule is CCCCC(CC)COCC(CC)CCCC.Cc1cc2sc3ccccc3c(=O)c2c(C)c1O. The van der Waals surface area contributed by atoms with E-state index in [9.17, 15) is 9.90 Å². The number of hydrogen-bond acceptors (Lipinski definition) is 4. The quantitative estimate of drug-likeness (QED) is 0.253. The van der Waals surface area contributed by atoms with E-state index in [-0.39, 0.29) is 11.2 Å². The molecule has 2 atom stereocenters. The van der Waals surface area contributed by atoms with Crippen LogP contribution in [0, 0.1) is 25.7 Å². The number of ether oxygens (including phenoxy) is 1. The highest BCUT2D eigenvalue weighted by Gasteiger charge is 2.13. The lowest BCUT2D eigenvalue weighted by Crippen LogP contribution is -2.14. The highest BCUT2D eigenvalue weighted by Crippen LogP contribution is 2.33. The Labute approximate surface area is 216 Å². The molecule has 1 N–H and O–H groups in total. The van der Waals surface area contributed by atoms with E-state index in [2.05, 4.69) is 27.7 Å². The molecule has 0 radical (unpaired) electrons. The maximum absolute atomic E-state index is 12.5. The molecule has 1 aromatic heterocycles. The number of aromatic hydroxyl groups is 1. The summed E-state index contributed by atoms with van der Waals surface area (Å²) in [4.78, 5) is 12.5. The van der Waals surface area contributed by atoms with Crippen molar-refractivity contribution >= 4 is 31.5 Å². The minimum Gasteiger partial charge on any atom is -0.507 e. The van der Waals surface area contributed by atoms with Gasteiger partial charge in [0.2, 0.25) is 0 Å². The molecule has 35 heavy (non-hydrogen) atoms. The Bertz CT molecular complexity index is 1090. The van der Waals surface area contributed by atoms with Gasteiger partial charge in [-0.1, -0.05) is 78.4 Å². The van der Waals surface area contributed by atoms with Gasteiger partial charge in [0.1, 0.15) is 5.75 Å². The van der Waals surface area contributed by atoms with Crippen LogP contribution in [0.5, 0.6) is 5.75 Å². The summed E-state index contributed by atoms with van der Waals surface area (Å²) in [6.45, 7) is 14.7. The monoisotopic (exact) mass is 498 g/mol. The maximum Gasteiger partial charge on any atom is 0.196 e. The molecule has 0 spiro atoms. The van der Waals surface area contributed by atoms with E-state index in [1.807, 2.05) is 37.3 Å². The van der Waals surface area contributed by atoms with E-state index in [1.165, 1.54) is 51.4 Å². The molecule has 3 rings (SSSR count). The third-order valence-electron chi connectivity index (χ3n) is 7.07. The predicted octanol–water partition coefficient (Wildman–Crippen LogP) is 9.17. The molecule has 0 fully saturated rings. The lowest BCUT2D eigenvalue weighted by atomic mass is 9.99. The summed E-state index contributed by atoms with van der Waals surface area (Å²) in [7, 11) is 0. The van der Waals surface area contributed by atoms with Gasteiger partial charge in [0.25, 0.3) is 0 Å². The Morgan fingerprint density at radius 2 is 1.46 bits per heavy atom. The molecular weight excluding hydrogens is 452 g/mol. The van der Waals surface area contributed by atoms with E-state index >= 15 is 0 Å². The number of hydrogen-bond donors (Lipinski definition) is 1. The highest BCUT2D eigenvalue weighted by atomic mass is 32.1. The van der Waals surface area contributed by atoms with Crippen LogP contribution in [0.15, 0.2) is 35.1 Å². The van der Waals surface area contributed by atoms with Crippen LogP contribution in [0.1, 0.15) is 90.2 Å². The molecule has 1 heterocycles. The average Bonchev–Trinajstić information content (AvgIpc) is 2.87. The smallest absolute Gasteiger partial charge is 0.196 e. The Hall–Kier alpha value is -1.91. The molecule has 0 aliphatic rings. The van der Waals surface area contributed by atoms with E-state index in [0.717, 1.165) is 45.4 Å². The van der Waals surface area contributed by atoms with Gasteiger partial charge in [0, 0.05) is 38.9 Å². The van der Waals surface area contributed by atoms with Crippen molar-refractivity contribution in [1.29, 1.82) is 0 Å². The summed E-state index contributed by atoms with van der Waals surface area (Å²) in [6.07, 6.45) is 10.6. The van der Waals surface area contributed by atoms with Gasteiger partial charge in [-0.2, -0.15) is 0 Å². The first kappa shape index (κ1) is 29.3. The molecule has 0 aliphatic heterocycles. The van der Waals surface area contributed by atoms with Crippen LogP contribution in [0.25, 0.3) is 20.2 Å². The molecule has 3 aromatic rings. The zero-order valence-electron chi connectivity index (χ0n) is 22.8. The van der Waals surface area contributed by atoms with Crippen molar-refractivity contribution in [1.82, 2.24) is 0 Å². The van der Waals surface area contributed by atoms with Gasteiger partial charge in [0.15, 0.2) is 5.43 Å². The Kier molecular flexibility index (Phi) is 12.8. The van der Waals surface area contributed by atoms with Gasteiger partial charge >= 0.3 is 0 Å². The molecule has 0 saturated heterocycles. The molecule has 2 aromatic carbocycles. The van der Waals surface area contributed by atoms with Crippen molar-refractivity contribution in [3.05, 3.63) is 51.7 Å². The van der Waals surface area contributed by atoms with Crippen molar-refractivity contribution in [3.8, 4) is 5.75 Å². The number of phenols is 1. The third kappa shape index (κ3) is 8.32. The molecule has 0 aliphatic carbocycles. The first-order valence-electron chi connectivity index (χ1n) is 13.6. The van der Waals surface area contributed by atoms with Crippen LogP contribution in [0.2, 0.25) is 0 Å². The molecule has 3 nitrogen and oxygen atoms in total. The fourth-order valence-electron chi connectivity index (χ4n) is 4.49. The van der Waals surface area contributed by atoms with Crippen LogP contribution in [-0.2, 0) is 4.74 Å². The normalized spacial score (nSPS) is 13.0. The summed E-state index contributed by atoms with van der Waals surface area (Å²) < 4.78 is 7.86. The fraction of sp³-hybridized carbons (Fsp3) is 0.581. The number of rotatable bonds is 12. The van der Waals surface area contributed by atoms with Gasteiger partial charge in [-0.05, 0) is 62.3 Å². The van der Waals surface area contributed by atoms with Crippen LogP contribution >= 0.6 is 11.3 Å². The van der Waals surface area contributed by atoms with E-state index in [1.54, 1.807) is 18.3 Å². The third-order valence-corrected chi connectivity index (χ3v) is 8.19. The summed E-state index contributed by atoms with van der Waals surface area (Å²) in [5, 5.41) is 11.3. The van der Waals surface area contributed by atoms with Crippen molar-refractivity contribution < 1.29 is 9.84 Å². The van der Waals surface area contributed by atoms with Crippen molar-refractivity contribution in [2.45, 2.75) is 92.9 Å². The van der Waals surface area contributed by atoms with E-state index in [4.69, 9.17) is 4.74 Å². The number of fused-ring (bicyclic) bond motifs is 2. The van der Waals surface area contributed by atoms with Crippen LogP contribution in [0.4, 0.5) is 0 Å². The fourth-order valence-corrected chi connectivity index (χ4v) is 5.73. The molecule has 4 heteroatoms. The van der Waals surface area contributed by atoms with E-state index < -0.39 is 0 Å². The zero-order chi connectivity index (χ0) is 25.8. The minimum atomic E-state index is 0.00662. The first-order chi connectivity index (χ1) is 16.9. The number of aryl methyl sites for hydroxylation is 2. The number of benzene rings is 2. The van der Waals surface area contributed by atoms with Gasteiger partial charge < -0.3 is 9.84 Å². The molecule has 2 unspecified atom stereocenters. The van der Waals surface area contributed by atoms with E-state index in [0.29, 0.717) is 10.9 Å². The first-order valence-corrected chi connectivity index (χ1v) is 14.4. The number of unbranched alkanes of at least 4 members (excludes halogenated alkanes) is 2. The zero-order valence-corrected chi connectivity index (χ0v) is 23.6. The summed E-state index contributed by atoms with van der Waals surface area (Å²) in [5.41, 5.74) is 1.50. The second kappa shape index (κ2) is 15.3. The van der Waals surface area contributed by atoms with Gasteiger partial charge in [-0.3, -0.25) is 4.79 Å². The summed E-state index contributed by atoms with van der Waals surface area (Å²) in [5.74, 6) is 1.80. The molecule has 194 valence electrons. The van der Waals surface area contributed by atoms with Gasteiger partial charge in [0.05, 0.1) is 0 Å². The largest absolute Gasteiger partial charge is 0.507 e. The van der Waals surface area contributed by atoms with Crippen LogP contribution < -0.4 is 5.43 Å². The van der Waals surface area contributed by atoms with Crippen molar-refractivity contribution in [2.24, 2.45) is 11.8 Å². The molecular formula is C31H46O3S.